The zero-order valence-electron chi connectivity index (χ0n) is 31.4. The van der Waals surface area contributed by atoms with Crippen molar-refractivity contribution in [1.29, 1.82) is 0 Å². The third kappa shape index (κ3) is 6.62. The second-order valence-corrected chi connectivity index (χ2v) is 33.3. The standard InChI is InChI=1S/2C23H25.C3H6.2ClH.Hf/c2*1-2-6-17-11-13-19(14-12-17)22-10-5-9-20-15-21(16-23(20)22)18-7-3-4-8-18;1-3-2;;;/h2*5,9-16,18H,2-4,6-8H2,1H3;1-3H2;2*1H;/q;;;;;+2/p-2. The molecule has 1 heterocycles. The number of allylic oxidation sites excluding steroid dienone is 2. The quantitative estimate of drug-likeness (QED) is 0.141. The first-order valence-corrected chi connectivity index (χ1v) is 29.8. The van der Waals surface area contributed by atoms with E-state index in [0.717, 1.165) is 19.2 Å². The van der Waals surface area contributed by atoms with E-state index in [-0.39, 0.29) is 24.8 Å². The van der Waals surface area contributed by atoms with Crippen LogP contribution in [-0.2, 0) is 32.8 Å². The van der Waals surface area contributed by atoms with Crippen molar-refractivity contribution in [2.45, 2.75) is 113 Å². The van der Waals surface area contributed by atoms with Crippen LogP contribution in [0, 0.1) is 11.8 Å². The predicted octanol–water partition coefficient (Wildman–Crippen LogP) is 8.28. The molecule has 2 atom stereocenters. The molecule has 270 valence electrons. The molecule has 52 heavy (non-hydrogen) atoms. The zero-order valence-corrected chi connectivity index (χ0v) is 36.5. The summed E-state index contributed by atoms with van der Waals surface area (Å²) in [6.07, 6.45) is 23.1. The van der Waals surface area contributed by atoms with Crippen molar-refractivity contribution in [2.24, 2.45) is 11.8 Å². The Balaban J connectivity index is 0.00000210. The van der Waals surface area contributed by atoms with Crippen molar-refractivity contribution >= 4 is 12.2 Å². The number of aryl methyl sites for hydroxylation is 2. The van der Waals surface area contributed by atoms with Crippen LogP contribution in [0.25, 0.3) is 34.4 Å². The number of benzene rings is 4. The molecule has 3 heteroatoms. The fourth-order valence-electron chi connectivity index (χ4n) is 11.5. The van der Waals surface area contributed by atoms with E-state index in [0.29, 0.717) is 0 Å². The van der Waals surface area contributed by atoms with Crippen LogP contribution < -0.4 is 24.8 Å². The van der Waals surface area contributed by atoms with Crippen LogP contribution in [0.2, 0.25) is 8.35 Å². The topological polar surface area (TPSA) is 0 Å². The van der Waals surface area contributed by atoms with Crippen LogP contribution in [0.5, 0.6) is 0 Å². The molecule has 3 fully saturated rings. The number of rotatable bonds is 10. The Kier molecular flexibility index (Phi) is 11.9. The Morgan fingerprint density at radius 1 is 0.500 bits per heavy atom. The van der Waals surface area contributed by atoms with E-state index in [9.17, 15) is 0 Å². The predicted molar refractivity (Wildman–Crippen MR) is 211 cm³/mol. The molecule has 1 saturated heterocycles. The van der Waals surface area contributed by atoms with Gasteiger partial charge in [0.15, 0.2) is 0 Å². The second kappa shape index (κ2) is 16.3. The van der Waals surface area contributed by atoms with Gasteiger partial charge in [-0.3, -0.25) is 0 Å². The maximum absolute atomic E-state index is 3.14. The Morgan fingerprint density at radius 3 is 1.25 bits per heavy atom. The van der Waals surface area contributed by atoms with Crippen LogP contribution in [0.4, 0.5) is 0 Å². The first kappa shape index (κ1) is 38.1. The average Bonchev–Trinajstić information content (AvgIpc) is 3.96. The monoisotopic (exact) mass is 894 g/mol. The normalized spacial score (nSPS) is 21.2. The summed E-state index contributed by atoms with van der Waals surface area (Å²) in [6.45, 7) is 4.58. The van der Waals surface area contributed by atoms with Crippen LogP contribution in [0.3, 0.4) is 0 Å². The number of fused-ring (bicyclic) bond motifs is 2. The third-order valence-corrected chi connectivity index (χ3v) is 36.0. The SMILES string of the molecule is CCCc1ccc(-c2cccc3c2C=C(C2CCCC2)[CH]3[Hf+2]2([CH]3C(C4CCCC4)=Cc4c(-c5ccc(CCC)cc5)cccc43)[CH2]C[CH2]2)cc1.[Cl-].[Cl-]. The summed E-state index contributed by atoms with van der Waals surface area (Å²) in [5, 5.41) is 0. The molecule has 4 aliphatic carbocycles. The molecule has 4 aromatic carbocycles. The molecule has 2 unspecified atom stereocenters. The van der Waals surface area contributed by atoms with Crippen molar-refractivity contribution in [2.75, 3.05) is 0 Å². The number of hydrogen-bond donors (Lipinski definition) is 0. The Labute approximate surface area is 331 Å². The van der Waals surface area contributed by atoms with Crippen molar-refractivity contribution in [1.82, 2.24) is 0 Å². The largest absolute Gasteiger partial charge is 1.00 e. The van der Waals surface area contributed by atoms with E-state index in [2.05, 4.69) is 111 Å². The van der Waals surface area contributed by atoms with Gasteiger partial charge in [0.25, 0.3) is 0 Å². The van der Waals surface area contributed by atoms with Crippen molar-refractivity contribution in [3.63, 3.8) is 0 Å². The average molecular weight is 894 g/mol. The minimum absolute atomic E-state index is 0. The zero-order chi connectivity index (χ0) is 33.7. The number of hydrogen-bond acceptors (Lipinski definition) is 0. The summed E-state index contributed by atoms with van der Waals surface area (Å²) in [4.78, 5) is 0. The van der Waals surface area contributed by atoms with E-state index in [1.807, 2.05) is 11.1 Å². The van der Waals surface area contributed by atoms with Gasteiger partial charge in [-0.25, -0.2) is 0 Å². The Morgan fingerprint density at radius 2 is 0.904 bits per heavy atom. The number of halogens is 2. The second-order valence-electron chi connectivity index (χ2n) is 16.7. The fraction of sp³-hybridized carbons (Fsp3) is 0.429. The molecule has 9 rings (SSSR count). The van der Waals surface area contributed by atoms with Gasteiger partial charge in [-0.2, -0.15) is 0 Å². The summed E-state index contributed by atoms with van der Waals surface area (Å²) in [6, 6.07) is 34.2. The summed E-state index contributed by atoms with van der Waals surface area (Å²) < 4.78 is 4.63. The molecule has 0 radical (unpaired) electrons. The van der Waals surface area contributed by atoms with E-state index in [4.69, 9.17) is 0 Å². The van der Waals surface area contributed by atoms with Crippen LogP contribution in [0.1, 0.15) is 125 Å². The summed E-state index contributed by atoms with van der Waals surface area (Å²) in [5.74, 6) is 1.58. The minimum Gasteiger partial charge on any atom is -1.00 e. The van der Waals surface area contributed by atoms with Gasteiger partial charge in [0, 0.05) is 0 Å². The minimum atomic E-state index is -3.14. The molecular formula is C49H56Cl2Hf. The van der Waals surface area contributed by atoms with Gasteiger partial charge in [0.1, 0.15) is 0 Å². The van der Waals surface area contributed by atoms with E-state index >= 15 is 0 Å². The molecular weight excluding hydrogens is 838 g/mol. The molecule has 0 nitrogen and oxygen atoms in total. The van der Waals surface area contributed by atoms with Gasteiger partial charge < -0.3 is 24.8 Å². The molecule has 0 N–H and O–H groups in total. The van der Waals surface area contributed by atoms with E-state index in [1.165, 1.54) is 117 Å². The summed E-state index contributed by atoms with van der Waals surface area (Å²) in [5.41, 5.74) is 19.2. The first-order valence-electron chi connectivity index (χ1n) is 20.6. The summed E-state index contributed by atoms with van der Waals surface area (Å²) >= 11 is -3.14. The molecule has 4 aromatic rings. The van der Waals surface area contributed by atoms with Crippen molar-refractivity contribution < 1.29 is 44.8 Å². The molecule has 0 bridgehead atoms. The fourth-order valence-corrected chi connectivity index (χ4v) is 34.3. The van der Waals surface area contributed by atoms with Gasteiger partial charge >= 0.3 is 309 Å². The Hall–Kier alpha value is -2.19. The molecule has 0 amide bonds. The smallest absolute Gasteiger partial charge is 1.00 e. The van der Waals surface area contributed by atoms with E-state index < -0.39 is 20.0 Å². The summed E-state index contributed by atoms with van der Waals surface area (Å²) in [7, 11) is 0. The molecule has 1 aliphatic heterocycles. The maximum atomic E-state index is 2.80. The van der Waals surface area contributed by atoms with Crippen LogP contribution >= 0.6 is 0 Å². The molecule has 5 aliphatic rings. The van der Waals surface area contributed by atoms with Gasteiger partial charge in [-0.15, -0.1) is 0 Å². The van der Waals surface area contributed by atoms with Crippen LogP contribution in [0.15, 0.2) is 96.1 Å². The van der Waals surface area contributed by atoms with Crippen molar-refractivity contribution in [3.8, 4) is 22.3 Å². The first-order chi connectivity index (χ1) is 24.7. The van der Waals surface area contributed by atoms with Gasteiger partial charge in [0.2, 0.25) is 0 Å². The third-order valence-electron chi connectivity index (χ3n) is 13.9. The van der Waals surface area contributed by atoms with Crippen LogP contribution in [-0.4, -0.2) is 0 Å². The van der Waals surface area contributed by atoms with Gasteiger partial charge in [-0.1, -0.05) is 0 Å². The van der Waals surface area contributed by atoms with Gasteiger partial charge in [0.05, 0.1) is 0 Å². The molecule has 2 saturated carbocycles. The van der Waals surface area contributed by atoms with Crippen molar-refractivity contribution in [3.05, 3.63) is 129 Å². The van der Waals surface area contributed by atoms with E-state index in [1.54, 1.807) is 30.6 Å². The van der Waals surface area contributed by atoms with Gasteiger partial charge in [-0.05, 0) is 0 Å². The molecule has 0 aromatic heterocycles. The Bertz CT molecular complexity index is 1780. The maximum Gasteiger partial charge on any atom is -1.00 e. The molecule has 0 spiro atoms.